The maximum absolute atomic E-state index is 8.75. The summed E-state index contributed by atoms with van der Waals surface area (Å²) in [5.74, 6) is 0. The predicted octanol–water partition coefficient (Wildman–Crippen LogP) is 1.10. The number of nitrogens with two attached hydrogens (primary N) is 1. The van der Waals surface area contributed by atoms with Crippen LogP contribution in [0.1, 0.15) is 12.8 Å². The van der Waals surface area contributed by atoms with E-state index in [-0.39, 0.29) is 19.3 Å². The molecule has 0 aromatic carbocycles. The predicted molar refractivity (Wildman–Crippen MR) is 58.4 cm³/mol. The van der Waals surface area contributed by atoms with Gasteiger partial charge in [-0.2, -0.15) is 0 Å². The lowest BCUT2D eigenvalue weighted by molar-refractivity contribution is 0.203. The van der Waals surface area contributed by atoms with E-state index in [4.69, 9.17) is 49.2 Å². The van der Waals surface area contributed by atoms with E-state index in [1.54, 1.807) is 0 Å². The van der Waals surface area contributed by atoms with E-state index in [1.165, 1.54) is 0 Å². The molecule has 3 nitrogen and oxygen atoms in total. The first-order valence-corrected chi connectivity index (χ1v) is 9.14. The van der Waals surface area contributed by atoms with Gasteiger partial charge in [0, 0.05) is 24.8 Å². The number of hydrogen-bond donors (Lipinski definition) is 3. The Labute approximate surface area is 92.9 Å². The fraction of sp³-hybridized carbons (Fsp3) is 1.00. The second-order valence-corrected chi connectivity index (χ2v) is 12.2. The average molecular weight is 267 g/mol. The first-order valence-electron chi connectivity index (χ1n) is 3.90. The summed E-state index contributed by atoms with van der Waals surface area (Å²) in [6.07, 6.45) is 0.683. The van der Waals surface area contributed by atoms with Crippen molar-refractivity contribution in [1.29, 1.82) is 0 Å². The van der Waals surface area contributed by atoms with Crippen molar-refractivity contribution in [3.05, 3.63) is 0 Å². The molecule has 7 heteroatoms. The highest BCUT2D eigenvalue weighted by Gasteiger charge is 2.37. The van der Waals surface area contributed by atoms with Crippen LogP contribution in [-0.4, -0.2) is 35.0 Å². The van der Waals surface area contributed by atoms with Crippen LogP contribution < -0.4 is 5.73 Å². The molecule has 0 bridgehead atoms. The molecule has 0 rings (SSSR count). The molecule has 0 aromatic rings. The van der Waals surface area contributed by atoms with Gasteiger partial charge >= 0.3 is 6.00 Å². The molecule has 0 aliphatic carbocycles. The molecule has 0 amide bonds. The second-order valence-electron chi connectivity index (χ2n) is 3.10. The Morgan fingerprint density at radius 2 is 1.46 bits per heavy atom. The Hall–Kier alpha value is 0.967. The van der Waals surface area contributed by atoms with E-state index in [9.17, 15) is 0 Å². The van der Waals surface area contributed by atoms with Gasteiger partial charge in [-0.05, 0) is 12.8 Å². The van der Waals surface area contributed by atoms with Gasteiger partial charge in [-0.25, -0.2) is 0 Å². The Balaban J connectivity index is 4.22. The van der Waals surface area contributed by atoms with E-state index in [0.29, 0.717) is 12.8 Å². The molecule has 0 aliphatic heterocycles. The topological polar surface area (TPSA) is 66.5 Å². The number of hydrogen-bond acceptors (Lipinski definition) is 3. The minimum atomic E-state index is -2.80. The van der Waals surface area contributed by atoms with Crippen molar-refractivity contribution >= 4 is 39.2 Å². The van der Waals surface area contributed by atoms with E-state index < -0.39 is 11.5 Å². The van der Waals surface area contributed by atoms with Crippen molar-refractivity contribution in [3.8, 4) is 0 Å². The Kier molecular flexibility index (Phi) is 6.18. The molecule has 0 saturated carbocycles. The maximum atomic E-state index is 8.75. The average Bonchev–Trinajstić information content (AvgIpc) is 1.82. The SMILES string of the molecule is NC(CCO)(CCO)C[Si](Cl)(Cl)Cl. The van der Waals surface area contributed by atoms with Crippen molar-refractivity contribution in [2.45, 2.75) is 24.4 Å². The molecule has 0 fully saturated rings. The van der Waals surface area contributed by atoms with Crippen molar-refractivity contribution in [3.63, 3.8) is 0 Å². The lowest BCUT2D eigenvalue weighted by atomic mass is 9.96. The fourth-order valence-electron chi connectivity index (χ4n) is 1.15. The smallest absolute Gasteiger partial charge is 0.343 e. The quantitative estimate of drug-likeness (QED) is 0.498. The zero-order chi connectivity index (χ0) is 10.5. The van der Waals surface area contributed by atoms with Crippen LogP contribution in [0, 0.1) is 0 Å². The van der Waals surface area contributed by atoms with E-state index in [2.05, 4.69) is 0 Å². The molecule has 0 aromatic heterocycles. The molecule has 0 heterocycles. The second kappa shape index (κ2) is 5.75. The third-order valence-electron chi connectivity index (χ3n) is 1.77. The first kappa shape index (κ1) is 14.0. The van der Waals surface area contributed by atoms with Crippen LogP contribution in [0.4, 0.5) is 0 Å². The zero-order valence-corrected chi connectivity index (χ0v) is 10.4. The largest absolute Gasteiger partial charge is 0.396 e. The Morgan fingerprint density at radius 3 is 1.69 bits per heavy atom. The fourth-order valence-corrected chi connectivity index (χ4v) is 4.69. The molecule has 0 atom stereocenters. The van der Waals surface area contributed by atoms with Gasteiger partial charge in [0.2, 0.25) is 0 Å². The standard InChI is InChI=1S/C6H14Cl3NO2Si/c7-13(8,9)5-6(10,1-3-11)2-4-12/h11-12H,1-5,10H2. The molecule has 0 unspecified atom stereocenters. The summed E-state index contributed by atoms with van der Waals surface area (Å²) >= 11 is 17.1. The van der Waals surface area contributed by atoms with Gasteiger partial charge in [-0.15, -0.1) is 33.2 Å². The molecular formula is C6H14Cl3NO2Si. The molecule has 0 radical (unpaired) electrons. The van der Waals surface area contributed by atoms with Gasteiger partial charge in [0.25, 0.3) is 0 Å². The first-order chi connectivity index (χ1) is 5.83. The normalized spacial score (nSPS) is 13.4. The molecule has 0 aliphatic rings. The summed E-state index contributed by atoms with van der Waals surface area (Å²) in [5, 5.41) is 17.5. The highest BCUT2D eigenvalue weighted by atomic mass is 35.8. The molecular weight excluding hydrogens is 253 g/mol. The molecule has 80 valence electrons. The van der Waals surface area contributed by atoms with Gasteiger partial charge < -0.3 is 15.9 Å². The third-order valence-corrected chi connectivity index (χ3v) is 4.08. The molecule has 4 N–H and O–H groups in total. The minimum absolute atomic E-state index is 0.0638. The number of halogens is 3. The van der Waals surface area contributed by atoms with E-state index in [1.807, 2.05) is 0 Å². The summed E-state index contributed by atoms with van der Waals surface area (Å²) in [6, 6.07) is -2.54. The monoisotopic (exact) mass is 265 g/mol. The lowest BCUT2D eigenvalue weighted by Gasteiger charge is -2.30. The van der Waals surface area contributed by atoms with Crippen LogP contribution in [0.15, 0.2) is 0 Å². The van der Waals surface area contributed by atoms with Crippen molar-refractivity contribution < 1.29 is 10.2 Å². The van der Waals surface area contributed by atoms with Crippen LogP contribution >= 0.6 is 33.2 Å². The van der Waals surface area contributed by atoms with Gasteiger partial charge in [0.15, 0.2) is 0 Å². The molecule has 13 heavy (non-hydrogen) atoms. The van der Waals surface area contributed by atoms with E-state index in [0.717, 1.165) is 0 Å². The summed E-state index contributed by atoms with van der Waals surface area (Å²) < 4.78 is 0. The maximum Gasteiger partial charge on any atom is 0.343 e. The summed E-state index contributed by atoms with van der Waals surface area (Å²) in [6.45, 7) is -0.128. The number of aliphatic hydroxyl groups excluding tert-OH is 2. The molecule has 0 spiro atoms. The highest BCUT2D eigenvalue weighted by molar-refractivity contribution is 7.64. The van der Waals surface area contributed by atoms with Gasteiger partial charge in [0.05, 0.1) is 0 Å². The van der Waals surface area contributed by atoms with Crippen molar-refractivity contribution in [1.82, 2.24) is 0 Å². The number of rotatable bonds is 6. The van der Waals surface area contributed by atoms with Gasteiger partial charge in [-0.3, -0.25) is 0 Å². The van der Waals surface area contributed by atoms with Crippen molar-refractivity contribution in [2.75, 3.05) is 13.2 Å². The Morgan fingerprint density at radius 1 is 1.08 bits per heavy atom. The summed E-state index contributed by atoms with van der Waals surface area (Å²) in [4.78, 5) is 0. The van der Waals surface area contributed by atoms with Crippen LogP contribution in [0.2, 0.25) is 6.04 Å². The van der Waals surface area contributed by atoms with Crippen molar-refractivity contribution in [2.24, 2.45) is 5.73 Å². The molecule has 0 saturated heterocycles. The minimum Gasteiger partial charge on any atom is -0.396 e. The van der Waals surface area contributed by atoms with Crippen LogP contribution in [-0.2, 0) is 0 Å². The summed E-state index contributed by atoms with van der Waals surface area (Å²) in [5.41, 5.74) is 5.12. The lowest BCUT2D eigenvalue weighted by Crippen LogP contribution is -2.45. The van der Waals surface area contributed by atoms with Gasteiger partial charge in [0.1, 0.15) is 0 Å². The number of aliphatic hydroxyl groups is 2. The van der Waals surface area contributed by atoms with Crippen LogP contribution in [0.3, 0.4) is 0 Å². The highest BCUT2D eigenvalue weighted by Crippen LogP contribution is 2.33. The third kappa shape index (κ3) is 6.96. The van der Waals surface area contributed by atoms with Crippen LogP contribution in [0.5, 0.6) is 0 Å². The van der Waals surface area contributed by atoms with Crippen LogP contribution in [0.25, 0.3) is 0 Å². The zero-order valence-electron chi connectivity index (χ0n) is 7.14. The van der Waals surface area contributed by atoms with E-state index >= 15 is 0 Å². The summed E-state index contributed by atoms with van der Waals surface area (Å²) in [7, 11) is 0. The Bertz CT molecular complexity index is 147. The van der Waals surface area contributed by atoms with Gasteiger partial charge in [-0.1, -0.05) is 0 Å².